The maximum absolute atomic E-state index is 8.73. The van der Waals surface area contributed by atoms with E-state index in [0.717, 1.165) is 19.4 Å². The minimum Gasteiger partial charge on any atom is -0.394 e. The monoisotopic (exact) mass is 280 g/mol. The van der Waals surface area contributed by atoms with Crippen molar-refractivity contribution in [2.45, 2.75) is 58.8 Å². The van der Waals surface area contributed by atoms with E-state index in [1.165, 1.54) is 0 Å². The van der Waals surface area contributed by atoms with E-state index in [1.54, 1.807) is 14.0 Å². The molecule has 0 aromatic rings. The highest BCUT2D eigenvalue weighted by Gasteiger charge is 2.03. The minimum absolute atomic E-state index is 0.0659. The second-order valence-corrected chi connectivity index (χ2v) is 4.65. The Balaban J connectivity index is 0. The van der Waals surface area contributed by atoms with Crippen LogP contribution in [0.3, 0.4) is 0 Å². The van der Waals surface area contributed by atoms with Crippen LogP contribution in [0.15, 0.2) is 0 Å². The summed E-state index contributed by atoms with van der Waals surface area (Å²) in [6, 6.07) is 0. The molecule has 0 spiro atoms. The normalized spacial score (nSPS) is 15.3. The van der Waals surface area contributed by atoms with Crippen molar-refractivity contribution in [2.24, 2.45) is 0 Å². The molecule has 3 atom stereocenters. The van der Waals surface area contributed by atoms with Crippen molar-refractivity contribution in [3.8, 4) is 0 Å². The Hall–Kier alpha value is -0.200. The molecule has 5 nitrogen and oxygen atoms in total. The molecule has 19 heavy (non-hydrogen) atoms. The van der Waals surface area contributed by atoms with Crippen LogP contribution in [0.2, 0.25) is 0 Å². The molecule has 0 aromatic heterocycles. The predicted molar refractivity (Wildman–Crippen MR) is 76.4 cm³/mol. The maximum Gasteiger partial charge on any atom is 0.0779 e. The Morgan fingerprint density at radius 2 is 1.68 bits per heavy atom. The lowest BCUT2D eigenvalue weighted by Crippen LogP contribution is -2.21. The molecule has 0 aliphatic rings. The van der Waals surface area contributed by atoms with Gasteiger partial charge in [-0.2, -0.15) is 0 Å². The maximum atomic E-state index is 8.73. The summed E-state index contributed by atoms with van der Waals surface area (Å²) >= 11 is 0. The first-order chi connectivity index (χ1) is 8.97. The number of unbranched alkanes of at least 4 members (excludes halogenated alkanes) is 1. The number of ether oxygens (including phenoxy) is 3. The second-order valence-electron chi connectivity index (χ2n) is 4.65. The lowest BCUT2D eigenvalue weighted by atomic mass is 10.4. The van der Waals surface area contributed by atoms with Gasteiger partial charge in [-0.15, -0.1) is 0 Å². The Morgan fingerprint density at radius 1 is 1.05 bits per heavy atom. The average Bonchev–Trinajstić information content (AvgIpc) is 2.41. The van der Waals surface area contributed by atoms with Crippen molar-refractivity contribution in [3.63, 3.8) is 0 Å². The highest BCUT2D eigenvalue weighted by atomic mass is 16.5. The molecular weight excluding hydrogens is 248 g/mol. The van der Waals surface area contributed by atoms with E-state index in [1.807, 2.05) is 13.8 Å². The van der Waals surface area contributed by atoms with Gasteiger partial charge in [-0.05, 0) is 27.2 Å². The zero-order valence-electron chi connectivity index (χ0n) is 13.1. The molecule has 0 saturated heterocycles. The topological polar surface area (TPSA) is 68.2 Å². The van der Waals surface area contributed by atoms with E-state index in [-0.39, 0.29) is 24.9 Å². The summed E-state index contributed by atoms with van der Waals surface area (Å²) in [6.07, 6.45) is 1.94. The molecule has 118 valence electrons. The molecule has 3 unspecified atom stereocenters. The smallest absolute Gasteiger partial charge is 0.0779 e. The first-order valence-corrected chi connectivity index (χ1v) is 6.98. The van der Waals surface area contributed by atoms with Crippen LogP contribution in [0.25, 0.3) is 0 Å². The summed E-state index contributed by atoms with van der Waals surface area (Å²) in [6.45, 7) is 9.44. The van der Waals surface area contributed by atoms with Crippen LogP contribution in [0, 0.1) is 0 Å². The molecule has 0 fully saturated rings. The fourth-order valence-corrected chi connectivity index (χ4v) is 0.921. The third kappa shape index (κ3) is 20.3. The molecule has 0 aliphatic carbocycles. The van der Waals surface area contributed by atoms with Gasteiger partial charge in [0.05, 0.1) is 38.1 Å². The van der Waals surface area contributed by atoms with Crippen LogP contribution in [-0.4, -0.2) is 62.1 Å². The van der Waals surface area contributed by atoms with E-state index < -0.39 is 0 Å². The molecule has 0 aliphatic heterocycles. The molecule has 0 saturated carbocycles. The number of methoxy groups -OCH3 is 1. The van der Waals surface area contributed by atoms with Crippen LogP contribution in [0.5, 0.6) is 0 Å². The van der Waals surface area contributed by atoms with E-state index in [4.69, 9.17) is 24.4 Å². The molecule has 0 aromatic carbocycles. The predicted octanol–water partition coefficient (Wildman–Crippen LogP) is 1.60. The molecule has 0 amide bonds. The summed E-state index contributed by atoms with van der Waals surface area (Å²) in [5.41, 5.74) is 0. The van der Waals surface area contributed by atoms with Crippen LogP contribution in [0.4, 0.5) is 0 Å². The van der Waals surface area contributed by atoms with Crippen LogP contribution >= 0.6 is 0 Å². The Kier molecular flexibility index (Phi) is 17.6. The lowest BCUT2D eigenvalue weighted by molar-refractivity contribution is -0.0313. The van der Waals surface area contributed by atoms with Crippen LogP contribution in [-0.2, 0) is 14.2 Å². The third-order valence-electron chi connectivity index (χ3n) is 2.28. The van der Waals surface area contributed by atoms with Gasteiger partial charge in [0, 0.05) is 13.7 Å². The van der Waals surface area contributed by atoms with Crippen molar-refractivity contribution < 1.29 is 24.4 Å². The van der Waals surface area contributed by atoms with Crippen molar-refractivity contribution in [3.05, 3.63) is 0 Å². The van der Waals surface area contributed by atoms with E-state index in [9.17, 15) is 0 Å². The first-order valence-electron chi connectivity index (χ1n) is 6.98. The van der Waals surface area contributed by atoms with Crippen LogP contribution in [0.1, 0.15) is 40.5 Å². The quantitative estimate of drug-likeness (QED) is 0.595. The van der Waals surface area contributed by atoms with Gasteiger partial charge in [-0.25, -0.2) is 0 Å². The summed E-state index contributed by atoms with van der Waals surface area (Å²) in [5.74, 6) is 0. The molecule has 5 heteroatoms. The number of aliphatic hydroxyl groups is 2. The van der Waals surface area contributed by atoms with Crippen molar-refractivity contribution in [2.75, 3.05) is 33.5 Å². The lowest BCUT2D eigenvalue weighted by Gasteiger charge is -2.13. The molecule has 0 radical (unpaired) electrons. The number of rotatable bonds is 10. The summed E-state index contributed by atoms with van der Waals surface area (Å²) in [7, 11) is 1.64. The van der Waals surface area contributed by atoms with Crippen LogP contribution < -0.4 is 0 Å². The van der Waals surface area contributed by atoms with Gasteiger partial charge in [-0.1, -0.05) is 13.3 Å². The minimum atomic E-state index is -0.318. The first kappa shape index (κ1) is 21.1. The highest BCUT2D eigenvalue weighted by Crippen LogP contribution is 1.93. The Morgan fingerprint density at radius 3 is 2.11 bits per heavy atom. The highest BCUT2D eigenvalue weighted by molar-refractivity contribution is 4.49. The molecule has 0 heterocycles. The summed E-state index contributed by atoms with van der Waals surface area (Å²) < 4.78 is 15.2. The van der Waals surface area contributed by atoms with Gasteiger partial charge < -0.3 is 24.4 Å². The summed E-state index contributed by atoms with van der Waals surface area (Å²) in [4.78, 5) is 0. The number of hydrogen-bond acceptors (Lipinski definition) is 5. The van der Waals surface area contributed by atoms with Gasteiger partial charge in [-0.3, -0.25) is 0 Å². The third-order valence-corrected chi connectivity index (χ3v) is 2.28. The zero-order valence-corrected chi connectivity index (χ0v) is 13.1. The molecular formula is C14H32O5. The molecule has 2 N–H and O–H groups in total. The van der Waals surface area contributed by atoms with Gasteiger partial charge in [0.2, 0.25) is 0 Å². The van der Waals surface area contributed by atoms with Crippen molar-refractivity contribution >= 4 is 0 Å². The van der Waals surface area contributed by atoms with E-state index >= 15 is 0 Å². The van der Waals surface area contributed by atoms with Gasteiger partial charge in [0.15, 0.2) is 0 Å². The standard InChI is InChI=1S/C7H16O3.C7H16O2/c1-6(4-8)10-5-7(2)9-3;1-3-4-5-9-6-7(2)8/h6-8H,4-5H2,1-3H3;7-8H,3-6H2,1-2H3. The Labute approximate surface area is 117 Å². The average molecular weight is 280 g/mol. The van der Waals surface area contributed by atoms with Gasteiger partial charge >= 0.3 is 0 Å². The van der Waals surface area contributed by atoms with Gasteiger partial charge in [0.25, 0.3) is 0 Å². The SMILES string of the molecule is CCCCOCC(C)O.COC(C)COC(C)CO. The zero-order chi connectivity index (χ0) is 15.1. The van der Waals surface area contributed by atoms with Crippen molar-refractivity contribution in [1.29, 1.82) is 0 Å². The largest absolute Gasteiger partial charge is 0.394 e. The van der Waals surface area contributed by atoms with E-state index in [2.05, 4.69) is 6.92 Å². The molecule has 0 bridgehead atoms. The molecule has 0 rings (SSSR count). The Bertz CT molecular complexity index is 154. The number of hydrogen-bond donors (Lipinski definition) is 2. The van der Waals surface area contributed by atoms with Gasteiger partial charge in [0.1, 0.15) is 0 Å². The fourth-order valence-electron chi connectivity index (χ4n) is 0.921. The fraction of sp³-hybridized carbons (Fsp3) is 1.00. The van der Waals surface area contributed by atoms with E-state index in [0.29, 0.717) is 13.2 Å². The number of aliphatic hydroxyl groups excluding tert-OH is 2. The summed E-state index contributed by atoms with van der Waals surface area (Å²) in [5, 5.41) is 17.3. The second kappa shape index (κ2) is 15.9. The van der Waals surface area contributed by atoms with Crippen molar-refractivity contribution in [1.82, 2.24) is 0 Å².